The van der Waals surface area contributed by atoms with Gasteiger partial charge in [-0.05, 0) is 72.4 Å². The summed E-state index contributed by atoms with van der Waals surface area (Å²) in [4.78, 5) is 26.5. The maximum absolute atomic E-state index is 13.8. The average Bonchev–Trinajstić information content (AvgIpc) is 3.68. The smallest absolute Gasteiger partial charge is 0.289 e. The van der Waals surface area contributed by atoms with Crippen molar-refractivity contribution in [2.45, 2.75) is 29.7 Å². The van der Waals surface area contributed by atoms with Crippen molar-refractivity contribution in [3.05, 3.63) is 119 Å². The molecule has 44 heavy (non-hydrogen) atoms. The monoisotopic (exact) mass is 611 g/mol. The molecule has 0 bridgehead atoms. The minimum Gasteiger partial charge on any atom is -0.443 e. The van der Waals surface area contributed by atoms with Gasteiger partial charge in [0.25, 0.3) is 15.9 Å². The Labute approximate surface area is 257 Å². The Bertz CT molecular complexity index is 1830. The quantitative estimate of drug-likeness (QED) is 0.258. The Morgan fingerprint density at radius 1 is 0.977 bits per heavy atom. The van der Waals surface area contributed by atoms with Crippen LogP contribution in [0, 0.1) is 11.8 Å². The number of likely N-dealkylation sites (tertiary alicyclic amines) is 1. The first-order valence-corrected chi connectivity index (χ1v) is 15.6. The largest absolute Gasteiger partial charge is 0.443 e. The van der Waals surface area contributed by atoms with Crippen molar-refractivity contribution < 1.29 is 27.5 Å². The number of amides is 1. The first kappa shape index (κ1) is 30.8. The highest BCUT2D eigenvalue weighted by Crippen LogP contribution is 2.49. The molecule has 1 spiro atoms. The number of furan rings is 1. The van der Waals surface area contributed by atoms with Gasteiger partial charge in [0.15, 0.2) is 11.5 Å². The molecule has 0 radical (unpaired) electrons. The van der Waals surface area contributed by atoms with E-state index in [-0.39, 0.29) is 23.1 Å². The van der Waals surface area contributed by atoms with Gasteiger partial charge >= 0.3 is 0 Å². The van der Waals surface area contributed by atoms with Gasteiger partial charge in [-0.1, -0.05) is 48.4 Å². The van der Waals surface area contributed by atoms with Crippen LogP contribution < -0.4 is 10.0 Å². The molecule has 0 unspecified atom stereocenters. The van der Waals surface area contributed by atoms with Gasteiger partial charge in [-0.3, -0.25) is 13.9 Å². The number of aliphatic hydroxyl groups excluding tert-OH is 1. The lowest BCUT2D eigenvalue weighted by molar-refractivity contribution is 0.0642. The summed E-state index contributed by atoms with van der Waals surface area (Å²) < 4.78 is 34.9. The second-order valence-electron chi connectivity index (χ2n) is 10.6. The molecule has 2 aliphatic heterocycles. The minimum absolute atomic E-state index is 0.0644. The van der Waals surface area contributed by atoms with Crippen molar-refractivity contribution in [2.75, 3.05) is 31.0 Å². The van der Waals surface area contributed by atoms with Crippen molar-refractivity contribution in [3.63, 3.8) is 0 Å². The molecule has 3 aromatic carbocycles. The fourth-order valence-corrected chi connectivity index (χ4v) is 7.41. The number of hydrogen-bond acceptors (Lipinski definition) is 7. The van der Waals surface area contributed by atoms with Gasteiger partial charge in [-0.2, -0.15) is 0 Å². The maximum atomic E-state index is 13.8. The molecule has 6 rings (SSSR count). The first-order chi connectivity index (χ1) is 21.3. The van der Waals surface area contributed by atoms with Crippen LogP contribution in [-0.4, -0.2) is 57.4 Å². The van der Waals surface area contributed by atoms with Gasteiger partial charge in [0.2, 0.25) is 0 Å². The summed E-state index contributed by atoms with van der Waals surface area (Å²) in [6, 6.07) is 24.6. The average molecular weight is 612 g/mol. The van der Waals surface area contributed by atoms with Crippen LogP contribution in [-0.2, 0) is 22.0 Å². The zero-order valence-electron chi connectivity index (χ0n) is 24.3. The zero-order valence-corrected chi connectivity index (χ0v) is 25.1. The Morgan fingerprint density at radius 3 is 2.43 bits per heavy atom. The molecule has 0 saturated carbocycles. The van der Waals surface area contributed by atoms with Crippen LogP contribution in [0.15, 0.2) is 94.2 Å². The van der Waals surface area contributed by atoms with Gasteiger partial charge in [-0.15, -0.1) is 0 Å². The normalized spacial score (nSPS) is 15.1. The van der Waals surface area contributed by atoms with E-state index in [1.54, 1.807) is 29.2 Å². The molecule has 1 aromatic heterocycles. The molecule has 1 fully saturated rings. The molecule has 0 atom stereocenters. The Morgan fingerprint density at radius 2 is 1.73 bits per heavy atom. The van der Waals surface area contributed by atoms with Crippen LogP contribution in [0.1, 0.15) is 56.2 Å². The second kappa shape index (κ2) is 12.9. The van der Waals surface area contributed by atoms with Gasteiger partial charge in [-0.25, -0.2) is 8.42 Å². The third-order valence-corrected chi connectivity index (χ3v) is 9.85. The SMILES string of the molecule is CO.NCc1ccc2c(c1)C1(CCN(C(=O)c3ccc(C#Cc4ccccc4)o3)CC1)CN2S(=O)(=O)c1cccc(C=O)c1. The summed E-state index contributed by atoms with van der Waals surface area (Å²) in [5.41, 5.74) is 9.05. The number of fused-ring (bicyclic) bond motifs is 2. The van der Waals surface area contributed by atoms with Crippen LogP contribution in [0.25, 0.3) is 0 Å². The first-order valence-electron chi connectivity index (χ1n) is 14.2. The number of sulfonamides is 1. The van der Waals surface area contributed by atoms with Crippen LogP contribution in [0.3, 0.4) is 0 Å². The van der Waals surface area contributed by atoms with Crippen molar-refractivity contribution >= 4 is 27.9 Å². The molecule has 226 valence electrons. The van der Waals surface area contributed by atoms with Crippen molar-refractivity contribution in [2.24, 2.45) is 5.73 Å². The van der Waals surface area contributed by atoms with Crippen LogP contribution in [0.2, 0.25) is 0 Å². The summed E-state index contributed by atoms with van der Waals surface area (Å²) in [7, 11) is -2.94. The third-order valence-electron chi connectivity index (χ3n) is 8.09. The number of hydrogen-bond donors (Lipinski definition) is 2. The molecular formula is C34H33N3O6S. The van der Waals surface area contributed by atoms with Gasteiger partial charge in [0.05, 0.1) is 10.6 Å². The van der Waals surface area contributed by atoms with E-state index in [0.29, 0.717) is 55.8 Å². The highest BCUT2D eigenvalue weighted by atomic mass is 32.2. The summed E-state index contributed by atoms with van der Waals surface area (Å²) in [6.07, 6.45) is 1.78. The maximum Gasteiger partial charge on any atom is 0.289 e. The fourth-order valence-electron chi connectivity index (χ4n) is 5.78. The fraction of sp³-hybridized carbons (Fsp3) is 0.235. The number of rotatable bonds is 5. The lowest BCUT2D eigenvalue weighted by Crippen LogP contribution is -2.47. The van der Waals surface area contributed by atoms with Crippen LogP contribution >= 0.6 is 0 Å². The van der Waals surface area contributed by atoms with Crippen LogP contribution in [0.5, 0.6) is 0 Å². The molecule has 1 amide bonds. The lowest BCUT2D eigenvalue weighted by Gasteiger charge is -2.39. The number of benzene rings is 3. The number of carbonyl (C=O) groups excluding carboxylic acids is 2. The number of carbonyl (C=O) groups is 2. The number of nitrogens with two attached hydrogens (primary N) is 1. The topological polar surface area (TPSA) is 134 Å². The van der Waals surface area contributed by atoms with E-state index in [4.69, 9.17) is 15.3 Å². The highest BCUT2D eigenvalue weighted by Gasteiger charge is 2.49. The molecule has 9 nitrogen and oxygen atoms in total. The summed E-state index contributed by atoms with van der Waals surface area (Å²) in [6.45, 7) is 1.44. The number of anilines is 1. The van der Waals surface area contributed by atoms with Crippen LogP contribution in [0.4, 0.5) is 5.69 Å². The molecule has 3 N–H and O–H groups in total. The Hall–Kier alpha value is -4.69. The minimum atomic E-state index is -3.94. The molecular weight excluding hydrogens is 578 g/mol. The van der Waals surface area contributed by atoms with Gasteiger partial charge in [0, 0.05) is 49.8 Å². The molecule has 1 saturated heterocycles. The van der Waals surface area contributed by atoms with E-state index >= 15 is 0 Å². The Kier molecular flexibility index (Phi) is 9.01. The van der Waals surface area contributed by atoms with E-state index < -0.39 is 15.4 Å². The molecule has 3 heterocycles. The zero-order chi connectivity index (χ0) is 31.3. The molecule has 10 heteroatoms. The predicted octanol–water partition coefficient (Wildman–Crippen LogP) is 3.94. The van der Waals surface area contributed by atoms with Crippen molar-refractivity contribution in [1.82, 2.24) is 4.90 Å². The van der Waals surface area contributed by atoms with E-state index in [9.17, 15) is 18.0 Å². The van der Waals surface area contributed by atoms with E-state index in [0.717, 1.165) is 23.8 Å². The third kappa shape index (κ3) is 5.90. The molecule has 4 aromatic rings. The standard InChI is InChI=1S/C33H29N3O5S.CH4O/c34-21-25-10-13-30-29(20-25)33(23-36(30)42(39,40)28-8-4-7-26(19-28)22-37)15-17-35(18-16-33)32(38)31-14-12-27(41-31)11-9-24-5-2-1-3-6-24;1-2/h1-8,10,12-14,19-20,22H,15-18,21,23,34H2;2H,1H3. The van der Waals surface area contributed by atoms with E-state index in [1.165, 1.54) is 16.4 Å². The molecule has 0 aliphatic carbocycles. The summed E-state index contributed by atoms with van der Waals surface area (Å²) in [5.74, 6) is 6.40. The molecule has 2 aliphatic rings. The number of aliphatic hydroxyl groups is 1. The van der Waals surface area contributed by atoms with Crippen molar-refractivity contribution in [1.29, 1.82) is 0 Å². The Balaban J connectivity index is 0.00000188. The highest BCUT2D eigenvalue weighted by molar-refractivity contribution is 7.92. The lowest BCUT2D eigenvalue weighted by atomic mass is 9.74. The van der Waals surface area contributed by atoms with Gasteiger partial charge < -0.3 is 20.2 Å². The number of piperidine rings is 1. The van der Waals surface area contributed by atoms with E-state index in [1.807, 2.05) is 48.5 Å². The number of aldehydes is 1. The number of nitrogens with zero attached hydrogens (tertiary/aromatic N) is 2. The van der Waals surface area contributed by atoms with Crippen molar-refractivity contribution in [3.8, 4) is 11.8 Å². The summed E-state index contributed by atoms with van der Waals surface area (Å²) >= 11 is 0. The second-order valence-corrected chi connectivity index (χ2v) is 12.5. The summed E-state index contributed by atoms with van der Waals surface area (Å²) in [5, 5.41) is 7.00. The van der Waals surface area contributed by atoms with E-state index in [2.05, 4.69) is 11.8 Å². The van der Waals surface area contributed by atoms with Gasteiger partial charge in [0.1, 0.15) is 6.29 Å². The predicted molar refractivity (Wildman–Crippen MR) is 167 cm³/mol.